The predicted octanol–water partition coefficient (Wildman–Crippen LogP) is 1.89. The van der Waals surface area contributed by atoms with E-state index in [2.05, 4.69) is 34.0 Å². The maximum Gasteiger partial charge on any atom is 0.135 e. The fourth-order valence-corrected chi connectivity index (χ4v) is 3.35. The van der Waals surface area contributed by atoms with Gasteiger partial charge in [0.15, 0.2) is 0 Å². The predicted molar refractivity (Wildman–Crippen MR) is 77.7 cm³/mol. The molecule has 1 aromatic rings. The zero-order valence-electron chi connectivity index (χ0n) is 12.1. The van der Waals surface area contributed by atoms with Crippen molar-refractivity contribution in [3.63, 3.8) is 0 Å². The molecule has 0 amide bonds. The first-order valence-corrected chi connectivity index (χ1v) is 7.48. The van der Waals surface area contributed by atoms with Gasteiger partial charge in [0.05, 0.1) is 5.69 Å². The molecule has 0 spiro atoms. The van der Waals surface area contributed by atoms with Crippen LogP contribution in [0.25, 0.3) is 0 Å². The lowest BCUT2D eigenvalue weighted by atomic mass is 9.83. The molecule has 4 nitrogen and oxygen atoms in total. The Bertz CT molecular complexity index is 449. The summed E-state index contributed by atoms with van der Waals surface area (Å²) in [6.45, 7) is 8.88. The molecular formula is C15H24N4. The Kier molecular flexibility index (Phi) is 3.44. The molecule has 0 bridgehead atoms. The van der Waals surface area contributed by atoms with Gasteiger partial charge in [0.25, 0.3) is 0 Å². The van der Waals surface area contributed by atoms with Crippen LogP contribution in [0.3, 0.4) is 0 Å². The number of hydrogen-bond acceptors (Lipinski definition) is 4. The van der Waals surface area contributed by atoms with E-state index < -0.39 is 0 Å². The Labute approximate surface area is 115 Å². The van der Waals surface area contributed by atoms with Crippen LogP contribution in [0.5, 0.6) is 0 Å². The van der Waals surface area contributed by atoms with Crippen LogP contribution in [0.15, 0.2) is 6.33 Å². The molecule has 3 rings (SSSR count). The van der Waals surface area contributed by atoms with Gasteiger partial charge < -0.3 is 10.2 Å². The highest BCUT2D eigenvalue weighted by atomic mass is 15.2. The molecule has 4 heteroatoms. The van der Waals surface area contributed by atoms with Crippen molar-refractivity contribution < 1.29 is 0 Å². The molecule has 0 radical (unpaired) electrons. The summed E-state index contributed by atoms with van der Waals surface area (Å²) in [6.07, 6.45) is 6.70. The van der Waals surface area contributed by atoms with E-state index in [1.165, 1.54) is 36.3 Å². The maximum absolute atomic E-state index is 4.63. The second-order valence-corrected chi connectivity index (χ2v) is 6.35. The van der Waals surface area contributed by atoms with E-state index in [0.717, 1.165) is 32.6 Å². The molecule has 19 heavy (non-hydrogen) atoms. The van der Waals surface area contributed by atoms with Crippen molar-refractivity contribution in [3.05, 3.63) is 17.6 Å². The maximum atomic E-state index is 4.63. The van der Waals surface area contributed by atoms with Crippen LogP contribution in [-0.2, 0) is 11.8 Å². The van der Waals surface area contributed by atoms with Crippen LogP contribution >= 0.6 is 0 Å². The van der Waals surface area contributed by atoms with Crippen molar-refractivity contribution in [1.82, 2.24) is 15.3 Å². The summed E-state index contributed by atoms with van der Waals surface area (Å²) in [5.74, 6) is 1.20. The SMILES string of the molecule is CC1(C)CCCCc2c(N3CCNCC3)ncnc21. The fraction of sp³-hybridized carbons (Fsp3) is 0.733. The van der Waals surface area contributed by atoms with E-state index >= 15 is 0 Å². The lowest BCUT2D eigenvalue weighted by Crippen LogP contribution is -2.44. The van der Waals surface area contributed by atoms with Crippen molar-refractivity contribution in [2.75, 3.05) is 31.1 Å². The van der Waals surface area contributed by atoms with E-state index in [9.17, 15) is 0 Å². The number of nitrogens with one attached hydrogen (secondary N) is 1. The van der Waals surface area contributed by atoms with Crippen molar-refractivity contribution in [2.24, 2.45) is 0 Å². The fourth-order valence-electron chi connectivity index (χ4n) is 3.35. The lowest BCUT2D eigenvalue weighted by Gasteiger charge is -2.32. The van der Waals surface area contributed by atoms with E-state index in [-0.39, 0.29) is 5.41 Å². The van der Waals surface area contributed by atoms with Gasteiger partial charge in [-0.05, 0) is 19.3 Å². The Hall–Kier alpha value is -1.16. The molecule has 1 aliphatic heterocycles. The summed E-state index contributed by atoms with van der Waals surface area (Å²) in [7, 11) is 0. The van der Waals surface area contributed by atoms with Gasteiger partial charge in [-0.15, -0.1) is 0 Å². The van der Waals surface area contributed by atoms with Gasteiger partial charge >= 0.3 is 0 Å². The number of fused-ring (bicyclic) bond motifs is 1. The lowest BCUT2D eigenvalue weighted by molar-refractivity contribution is 0.455. The molecule has 2 aliphatic rings. The summed E-state index contributed by atoms with van der Waals surface area (Å²) in [4.78, 5) is 11.7. The number of rotatable bonds is 1. The Morgan fingerprint density at radius 3 is 2.74 bits per heavy atom. The van der Waals surface area contributed by atoms with Gasteiger partial charge in [-0.25, -0.2) is 9.97 Å². The van der Waals surface area contributed by atoms with Gasteiger partial charge in [0, 0.05) is 37.2 Å². The first-order valence-electron chi connectivity index (χ1n) is 7.48. The molecule has 1 saturated heterocycles. The van der Waals surface area contributed by atoms with E-state index in [4.69, 9.17) is 0 Å². The molecule has 0 saturated carbocycles. The minimum absolute atomic E-state index is 0.192. The van der Waals surface area contributed by atoms with E-state index in [1.54, 1.807) is 6.33 Å². The second kappa shape index (κ2) is 5.08. The van der Waals surface area contributed by atoms with E-state index in [1.807, 2.05) is 0 Å². The summed E-state index contributed by atoms with van der Waals surface area (Å²) < 4.78 is 0. The second-order valence-electron chi connectivity index (χ2n) is 6.35. The van der Waals surface area contributed by atoms with E-state index in [0.29, 0.717) is 0 Å². The monoisotopic (exact) mass is 260 g/mol. The molecule has 1 fully saturated rings. The number of hydrogen-bond donors (Lipinski definition) is 1. The van der Waals surface area contributed by atoms with Gasteiger partial charge in [-0.2, -0.15) is 0 Å². The molecule has 2 heterocycles. The highest BCUT2D eigenvalue weighted by Crippen LogP contribution is 2.37. The zero-order valence-corrected chi connectivity index (χ0v) is 12.1. The van der Waals surface area contributed by atoms with Crippen LogP contribution in [0.4, 0.5) is 5.82 Å². The van der Waals surface area contributed by atoms with Crippen molar-refractivity contribution in [2.45, 2.75) is 44.9 Å². The summed E-state index contributed by atoms with van der Waals surface area (Å²) >= 11 is 0. The quantitative estimate of drug-likeness (QED) is 0.783. The highest BCUT2D eigenvalue weighted by Gasteiger charge is 2.30. The van der Waals surface area contributed by atoms with Crippen molar-refractivity contribution >= 4 is 5.82 Å². The Morgan fingerprint density at radius 1 is 1.16 bits per heavy atom. The molecule has 104 valence electrons. The minimum Gasteiger partial charge on any atom is -0.354 e. The summed E-state index contributed by atoms with van der Waals surface area (Å²) in [6, 6.07) is 0. The molecule has 0 atom stereocenters. The largest absolute Gasteiger partial charge is 0.354 e. The number of piperazine rings is 1. The number of aromatic nitrogens is 2. The number of anilines is 1. The molecule has 1 aromatic heterocycles. The van der Waals surface area contributed by atoms with Gasteiger partial charge in [0.2, 0.25) is 0 Å². The smallest absolute Gasteiger partial charge is 0.135 e. The van der Waals surface area contributed by atoms with Crippen LogP contribution in [0, 0.1) is 0 Å². The van der Waals surface area contributed by atoms with Crippen LogP contribution in [-0.4, -0.2) is 36.1 Å². The van der Waals surface area contributed by atoms with Crippen LogP contribution in [0.2, 0.25) is 0 Å². The van der Waals surface area contributed by atoms with Gasteiger partial charge in [0.1, 0.15) is 12.1 Å². The third-order valence-electron chi connectivity index (χ3n) is 4.46. The van der Waals surface area contributed by atoms with Crippen LogP contribution < -0.4 is 10.2 Å². The van der Waals surface area contributed by atoms with Crippen LogP contribution in [0.1, 0.15) is 44.4 Å². The zero-order chi connectivity index (χ0) is 13.3. The average molecular weight is 260 g/mol. The van der Waals surface area contributed by atoms with Crippen molar-refractivity contribution in [3.8, 4) is 0 Å². The first-order chi connectivity index (χ1) is 9.18. The molecule has 0 aromatic carbocycles. The summed E-state index contributed by atoms with van der Waals surface area (Å²) in [5.41, 5.74) is 2.89. The first kappa shape index (κ1) is 12.9. The Morgan fingerprint density at radius 2 is 1.95 bits per heavy atom. The van der Waals surface area contributed by atoms with Crippen molar-refractivity contribution in [1.29, 1.82) is 0 Å². The normalized spacial score (nSPS) is 22.7. The minimum atomic E-state index is 0.192. The third-order valence-corrected chi connectivity index (χ3v) is 4.46. The van der Waals surface area contributed by atoms with Gasteiger partial charge in [-0.3, -0.25) is 0 Å². The summed E-state index contributed by atoms with van der Waals surface area (Å²) in [5, 5.41) is 3.41. The molecule has 1 N–H and O–H groups in total. The highest BCUT2D eigenvalue weighted by molar-refractivity contribution is 5.51. The third kappa shape index (κ3) is 2.46. The number of nitrogens with zero attached hydrogens (tertiary/aromatic N) is 3. The Balaban J connectivity index is 2.02. The average Bonchev–Trinajstić information content (AvgIpc) is 2.59. The standard InChI is InChI=1S/C15H24N4/c1-15(2)6-4-3-5-12-13(15)17-11-18-14(12)19-9-7-16-8-10-19/h11,16H,3-10H2,1-2H3. The molecule has 0 unspecified atom stereocenters. The molecular weight excluding hydrogens is 236 g/mol. The topological polar surface area (TPSA) is 41.0 Å². The molecule has 1 aliphatic carbocycles. The van der Waals surface area contributed by atoms with Gasteiger partial charge in [-0.1, -0.05) is 20.3 Å².